The summed E-state index contributed by atoms with van der Waals surface area (Å²) in [5, 5.41) is 17.6. The Morgan fingerprint density at radius 1 is 0.214 bits per heavy atom. The molecular formula is C78H51N3O2Si. The SMILES string of the molecule is c1ccc([Si](c2ccccc2)(c2ccccc2)c2ccc3c(c2)c2ccccc2n3-c2ccc3oc4ccccc4c3c2)cc1.c1ccc2c(c1)oc1cccc(-n3c4ccccc4c4cc(-n5c6ccccc6c6ccccc65)ccc43)c12. The highest BCUT2D eigenvalue weighted by Gasteiger charge is 2.41. The van der Waals surface area contributed by atoms with Crippen molar-refractivity contribution in [2.45, 2.75) is 0 Å². The van der Waals surface area contributed by atoms with Gasteiger partial charge in [0.05, 0.1) is 44.2 Å². The van der Waals surface area contributed by atoms with Crippen LogP contribution in [-0.2, 0) is 0 Å². The van der Waals surface area contributed by atoms with Gasteiger partial charge in [-0.2, -0.15) is 0 Å². The van der Waals surface area contributed by atoms with Crippen LogP contribution in [0.25, 0.3) is 126 Å². The summed E-state index contributed by atoms with van der Waals surface area (Å²) >= 11 is 0. The van der Waals surface area contributed by atoms with Gasteiger partial charge in [-0.15, -0.1) is 0 Å². The molecule has 0 atom stereocenters. The lowest BCUT2D eigenvalue weighted by molar-refractivity contribution is 0.668. The van der Waals surface area contributed by atoms with Gasteiger partial charge in [0.25, 0.3) is 0 Å². The second kappa shape index (κ2) is 19.1. The lowest BCUT2D eigenvalue weighted by atomic mass is 10.1. The van der Waals surface area contributed by atoms with Crippen LogP contribution < -0.4 is 20.7 Å². The summed E-state index contributed by atoms with van der Waals surface area (Å²) in [5.41, 5.74) is 14.3. The molecule has 0 spiro atoms. The van der Waals surface area contributed by atoms with E-state index in [2.05, 4.69) is 299 Å². The largest absolute Gasteiger partial charge is 0.456 e. The maximum absolute atomic E-state index is 6.25. The summed E-state index contributed by atoms with van der Waals surface area (Å²) in [4.78, 5) is 0. The Balaban J connectivity index is 0.000000134. The summed E-state index contributed by atoms with van der Waals surface area (Å²) in [6.07, 6.45) is 0. The van der Waals surface area contributed by atoms with Crippen molar-refractivity contribution in [2.75, 3.05) is 0 Å². The van der Waals surface area contributed by atoms with Crippen molar-refractivity contribution >= 4 is 138 Å². The molecule has 0 aliphatic heterocycles. The van der Waals surface area contributed by atoms with E-state index in [1.54, 1.807) is 0 Å². The van der Waals surface area contributed by atoms with Crippen LogP contribution in [0.1, 0.15) is 0 Å². The quantitative estimate of drug-likeness (QED) is 0.118. The molecule has 18 aromatic rings. The molecule has 0 N–H and O–H groups in total. The van der Waals surface area contributed by atoms with Gasteiger partial charge < -0.3 is 22.5 Å². The maximum atomic E-state index is 6.25. The molecule has 0 saturated heterocycles. The average molecular weight is 1090 g/mol. The van der Waals surface area contributed by atoms with E-state index < -0.39 is 8.07 Å². The number of benzene rings is 13. The molecule has 5 nitrogen and oxygen atoms in total. The van der Waals surface area contributed by atoms with Crippen LogP contribution in [0.4, 0.5) is 0 Å². The van der Waals surface area contributed by atoms with Crippen molar-refractivity contribution in [2.24, 2.45) is 0 Å². The van der Waals surface area contributed by atoms with Gasteiger partial charge in [0.2, 0.25) is 0 Å². The molecule has 0 fully saturated rings. The summed E-state index contributed by atoms with van der Waals surface area (Å²) in [6.45, 7) is 0. The van der Waals surface area contributed by atoms with Crippen LogP contribution >= 0.6 is 0 Å². The lowest BCUT2D eigenvalue weighted by Crippen LogP contribution is -2.74. The van der Waals surface area contributed by atoms with Crippen molar-refractivity contribution in [3.63, 3.8) is 0 Å². The predicted octanol–water partition coefficient (Wildman–Crippen LogP) is 17.8. The molecule has 0 bridgehead atoms. The first-order valence-corrected chi connectivity index (χ1v) is 30.7. The molecule has 84 heavy (non-hydrogen) atoms. The molecule has 0 unspecified atom stereocenters. The smallest absolute Gasteiger partial charge is 0.179 e. The summed E-state index contributed by atoms with van der Waals surface area (Å²) in [7, 11) is -2.65. The van der Waals surface area contributed by atoms with E-state index in [0.29, 0.717) is 0 Å². The zero-order valence-electron chi connectivity index (χ0n) is 45.6. The minimum atomic E-state index is -2.65. The molecule has 13 aromatic carbocycles. The molecule has 5 aromatic heterocycles. The second-order valence-electron chi connectivity index (χ2n) is 21.9. The number of aromatic nitrogens is 3. The molecule has 0 amide bonds. The third kappa shape index (κ3) is 7.21. The van der Waals surface area contributed by atoms with E-state index in [4.69, 9.17) is 8.83 Å². The Labute approximate surface area is 484 Å². The van der Waals surface area contributed by atoms with Crippen molar-refractivity contribution < 1.29 is 8.83 Å². The zero-order valence-corrected chi connectivity index (χ0v) is 46.6. The highest BCUT2D eigenvalue weighted by molar-refractivity contribution is 7.20. The number of rotatable bonds is 7. The fourth-order valence-corrected chi connectivity index (χ4v) is 18.7. The monoisotopic (exact) mass is 1090 g/mol. The Hall–Kier alpha value is -10.9. The molecule has 18 rings (SSSR count). The highest BCUT2D eigenvalue weighted by atomic mass is 28.3. The van der Waals surface area contributed by atoms with Crippen LogP contribution in [0.2, 0.25) is 0 Å². The van der Waals surface area contributed by atoms with Crippen LogP contribution in [0.15, 0.2) is 318 Å². The molecular weight excluding hydrogens is 1040 g/mol. The number of para-hydroxylation sites is 6. The van der Waals surface area contributed by atoms with Crippen molar-refractivity contribution in [3.05, 3.63) is 309 Å². The number of nitrogens with zero attached hydrogens (tertiary/aromatic N) is 3. The van der Waals surface area contributed by atoms with Gasteiger partial charge >= 0.3 is 0 Å². The van der Waals surface area contributed by atoms with E-state index in [9.17, 15) is 0 Å². The number of furan rings is 2. The normalized spacial score (nSPS) is 12.0. The van der Waals surface area contributed by atoms with Gasteiger partial charge in [0.1, 0.15) is 22.3 Å². The molecule has 0 saturated carbocycles. The van der Waals surface area contributed by atoms with E-state index in [0.717, 1.165) is 60.9 Å². The summed E-state index contributed by atoms with van der Waals surface area (Å²) in [5.74, 6) is 0. The third-order valence-electron chi connectivity index (χ3n) is 17.5. The van der Waals surface area contributed by atoms with Crippen LogP contribution in [0, 0.1) is 0 Å². The van der Waals surface area contributed by atoms with Crippen molar-refractivity contribution in [1.82, 2.24) is 13.7 Å². The van der Waals surface area contributed by atoms with Gasteiger partial charge in [-0.3, -0.25) is 0 Å². The van der Waals surface area contributed by atoms with Gasteiger partial charge in [0.15, 0.2) is 8.07 Å². The Kier molecular flexibility index (Phi) is 10.9. The fourth-order valence-electron chi connectivity index (χ4n) is 13.9. The van der Waals surface area contributed by atoms with E-state index in [1.807, 2.05) is 24.3 Å². The van der Waals surface area contributed by atoms with E-state index in [-0.39, 0.29) is 0 Å². The molecule has 5 heterocycles. The van der Waals surface area contributed by atoms with Crippen molar-refractivity contribution in [3.8, 4) is 17.1 Å². The number of hydrogen-bond donors (Lipinski definition) is 0. The highest BCUT2D eigenvalue weighted by Crippen LogP contribution is 2.41. The second-order valence-corrected chi connectivity index (χ2v) is 25.7. The first-order chi connectivity index (χ1) is 41.7. The molecule has 0 radical (unpaired) electrons. The average Bonchev–Trinajstić information content (AvgIpc) is 2.81. The standard InChI is InChI=1S/C42H29NOSi.C36H22N2O/c1-4-14-31(15-5-1)45(32-16-6-2-7-17-32,33-18-8-3-9-19-33)34-25-26-40-37(29-34)35-20-10-12-22-39(35)43(40)30-24-27-42-38(28-30)36-21-11-13-23-41(36)44-42;1-5-14-29-24(10-1)25-11-2-6-15-30(25)37(29)23-20-21-32-28(22-23)26-12-3-7-16-31(26)38(32)33-17-9-19-35-36(33)27-13-4-8-18-34(27)39-35/h1-29H;1-22H. The van der Waals surface area contributed by atoms with Gasteiger partial charge in [-0.1, -0.05) is 218 Å². The predicted molar refractivity (Wildman–Crippen MR) is 354 cm³/mol. The summed E-state index contributed by atoms with van der Waals surface area (Å²) in [6, 6.07) is 112. The third-order valence-corrected chi connectivity index (χ3v) is 22.2. The minimum Gasteiger partial charge on any atom is -0.456 e. The topological polar surface area (TPSA) is 41.1 Å². The van der Waals surface area contributed by atoms with Gasteiger partial charge in [-0.05, 0) is 112 Å². The maximum Gasteiger partial charge on any atom is 0.179 e. The summed E-state index contributed by atoms with van der Waals surface area (Å²) < 4.78 is 19.6. The Bertz CT molecular complexity index is 5420. The molecule has 0 aliphatic carbocycles. The lowest BCUT2D eigenvalue weighted by Gasteiger charge is -2.34. The Morgan fingerprint density at radius 2 is 0.583 bits per heavy atom. The first kappa shape index (κ1) is 47.8. The fraction of sp³-hybridized carbons (Fsp3) is 0. The number of hydrogen-bond acceptors (Lipinski definition) is 2. The molecule has 6 heteroatoms. The molecule has 0 aliphatic rings. The number of fused-ring (bicyclic) bond motifs is 15. The molecule has 394 valence electrons. The van der Waals surface area contributed by atoms with E-state index in [1.165, 1.54) is 86.2 Å². The van der Waals surface area contributed by atoms with Gasteiger partial charge in [0, 0.05) is 59.9 Å². The van der Waals surface area contributed by atoms with Gasteiger partial charge in [-0.25, -0.2) is 0 Å². The van der Waals surface area contributed by atoms with Crippen molar-refractivity contribution in [1.29, 1.82) is 0 Å². The Morgan fingerprint density at radius 3 is 1.15 bits per heavy atom. The zero-order chi connectivity index (χ0) is 55.3. The first-order valence-electron chi connectivity index (χ1n) is 28.7. The van der Waals surface area contributed by atoms with Crippen LogP contribution in [0.3, 0.4) is 0 Å². The van der Waals surface area contributed by atoms with E-state index >= 15 is 0 Å². The van der Waals surface area contributed by atoms with Crippen LogP contribution in [-0.4, -0.2) is 21.8 Å². The minimum absolute atomic E-state index is 0.904. The van der Waals surface area contributed by atoms with Crippen LogP contribution in [0.5, 0.6) is 0 Å².